The van der Waals surface area contributed by atoms with Crippen molar-refractivity contribution in [3.63, 3.8) is 0 Å². The monoisotopic (exact) mass is 166 g/mol. The van der Waals surface area contributed by atoms with E-state index in [4.69, 9.17) is 0 Å². The van der Waals surface area contributed by atoms with Gasteiger partial charge in [-0.25, -0.2) is 4.39 Å². The van der Waals surface area contributed by atoms with Crippen LogP contribution in [0.5, 0.6) is 0 Å². The fourth-order valence-corrected chi connectivity index (χ4v) is 1.50. The van der Waals surface area contributed by atoms with Crippen LogP contribution in [-0.2, 0) is 5.60 Å². The fraction of sp³-hybridized carbons (Fsp3) is 0.400. The van der Waals surface area contributed by atoms with Gasteiger partial charge in [-0.05, 0) is 37.0 Å². The van der Waals surface area contributed by atoms with Gasteiger partial charge in [-0.3, -0.25) is 0 Å². The lowest BCUT2D eigenvalue weighted by Crippen LogP contribution is -2.07. The number of aliphatic hydroxyl groups is 1. The summed E-state index contributed by atoms with van der Waals surface area (Å²) in [6, 6.07) is 4.87. The van der Waals surface area contributed by atoms with Gasteiger partial charge in [0.1, 0.15) is 5.82 Å². The molecule has 0 spiro atoms. The molecule has 0 radical (unpaired) electrons. The Labute approximate surface area is 70.8 Å². The van der Waals surface area contributed by atoms with Gasteiger partial charge in [0.25, 0.3) is 0 Å². The largest absolute Gasteiger partial charge is 0.385 e. The Balaban J connectivity index is 2.51. The maximum absolute atomic E-state index is 13.0. The van der Waals surface area contributed by atoms with E-state index in [0.717, 1.165) is 18.4 Å². The zero-order chi connectivity index (χ0) is 8.77. The van der Waals surface area contributed by atoms with Gasteiger partial charge in [0.05, 0.1) is 5.60 Å². The maximum Gasteiger partial charge on any atom is 0.126 e. The first-order valence-corrected chi connectivity index (χ1v) is 4.11. The molecule has 0 saturated heterocycles. The molecule has 2 heteroatoms. The third-order valence-electron chi connectivity index (χ3n) is 2.49. The third-order valence-corrected chi connectivity index (χ3v) is 2.49. The minimum Gasteiger partial charge on any atom is -0.385 e. The van der Waals surface area contributed by atoms with Crippen molar-refractivity contribution in [2.45, 2.75) is 25.4 Å². The summed E-state index contributed by atoms with van der Waals surface area (Å²) < 4.78 is 13.0. The van der Waals surface area contributed by atoms with Crippen LogP contribution in [0, 0.1) is 12.7 Å². The average molecular weight is 166 g/mol. The van der Waals surface area contributed by atoms with E-state index < -0.39 is 5.60 Å². The number of rotatable bonds is 1. The zero-order valence-corrected chi connectivity index (χ0v) is 6.97. The van der Waals surface area contributed by atoms with Crippen LogP contribution < -0.4 is 0 Å². The first-order chi connectivity index (χ1) is 5.63. The molecule has 0 atom stereocenters. The first kappa shape index (κ1) is 7.74. The van der Waals surface area contributed by atoms with E-state index in [9.17, 15) is 9.50 Å². The van der Waals surface area contributed by atoms with E-state index in [-0.39, 0.29) is 5.82 Å². The van der Waals surface area contributed by atoms with Gasteiger partial charge in [-0.1, -0.05) is 12.1 Å². The topological polar surface area (TPSA) is 20.2 Å². The molecule has 0 heterocycles. The molecule has 12 heavy (non-hydrogen) atoms. The third kappa shape index (κ3) is 1.03. The lowest BCUT2D eigenvalue weighted by Gasteiger charge is -2.11. The predicted molar refractivity (Wildman–Crippen MR) is 44.3 cm³/mol. The summed E-state index contributed by atoms with van der Waals surface area (Å²) in [5, 5.41) is 9.74. The van der Waals surface area contributed by atoms with Crippen LogP contribution in [0.1, 0.15) is 24.0 Å². The van der Waals surface area contributed by atoms with Crippen LogP contribution in [0.25, 0.3) is 0 Å². The van der Waals surface area contributed by atoms with Crippen molar-refractivity contribution in [1.82, 2.24) is 0 Å². The number of hydrogen-bond donors (Lipinski definition) is 1. The van der Waals surface area contributed by atoms with Gasteiger partial charge >= 0.3 is 0 Å². The molecule has 0 amide bonds. The summed E-state index contributed by atoms with van der Waals surface area (Å²) in [7, 11) is 0. The molecule has 1 N–H and O–H groups in total. The Kier molecular flexibility index (Phi) is 1.48. The second-order valence-electron chi connectivity index (χ2n) is 3.44. The van der Waals surface area contributed by atoms with Gasteiger partial charge in [0.2, 0.25) is 0 Å². The van der Waals surface area contributed by atoms with Gasteiger partial charge in [-0.15, -0.1) is 0 Å². The maximum atomic E-state index is 13.0. The summed E-state index contributed by atoms with van der Waals surface area (Å²) >= 11 is 0. The van der Waals surface area contributed by atoms with E-state index >= 15 is 0 Å². The molecular weight excluding hydrogens is 155 g/mol. The number of halogens is 1. The number of hydrogen-bond acceptors (Lipinski definition) is 1. The summed E-state index contributed by atoms with van der Waals surface area (Å²) in [4.78, 5) is 0. The van der Waals surface area contributed by atoms with Crippen LogP contribution in [0.3, 0.4) is 0 Å². The molecule has 2 rings (SSSR count). The molecule has 1 saturated carbocycles. The van der Waals surface area contributed by atoms with Crippen molar-refractivity contribution in [2.24, 2.45) is 0 Å². The summed E-state index contributed by atoms with van der Waals surface area (Å²) in [5.74, 6) is -0.229. The Morgan fingerprint density at radius 2 is 2.08 bits per heavy atom. The molecule has 1 aromatic rings. The molecule has 64 valence electrons. The first-order valence-electron chi connectivity index (χ1n) is 4.11. The van der Waals surface area contributed by atoms with E-state index in [0.29, 0.717) is 5.56 Å². The van der Waals surface area contributed by atoms with Gasteiger partial charge in [-0.2, -0.15) is 0 Å². The number of benzene rings is 1. The van der Waals surface area contributed by atoms with E-state index in [1.165, 1.54) is 6.07 Å². The van der Waals surface area contributed by atoms with Crippen molar-refractivity contribution in [3.8, 4) is 0 Å². The molecule has 1 aromatic carbocycles. The minimum absolute atomic E-state index is 0.229. The Morgan fingerprint density at radius 1 is 1.42 bits per heavy atom. The standard InChI is InChI=1S/C10H11FO/c1-7-8(10(12)5-6-10)3-2-4-9(7)11/h2-4,12H,5-6H2,1H3. The van der Waals surface area contributed by atoms with Gasteiger partial charge in [0, 0.05) is 0 Å². The van der Waals surface area contributed by atoms with Crippen LogP contribution in [0.4, 0.5) is 4.39 Å². The van der Waals surface area contributed by atoms with Crippen molar-refractivity contribution >= 4 is 0 Å². The average Bonchev–Trinajstić information content (AvgIpc) is 2.75. The van der Waals surface area contributed by atoms with E-state index in [1.54, 1.807) is 19.1 Å². The second-order valence-corrected chi connectivity index (χ2v) is 3.44. The summed E-state index contributed by atoms with van der Waals surface area (Å²) in [6.07, 6.45) is 1.52. The van der Waals surface area contributed by atoms with Crippen LogP contribution in [0.2, 0.25) is 0 Å². The summed E-state index contributed by atoms with van der Waals surface area (Å²) in [6.45, 7) is 1.71. The van der Waals surface area contributed by atoms with E-state index in [2.05, 4.69) is 0 Å². The molecule has 0 aliphatic heterocycles. The fourth-order valence-electron chi connectivity index (χ4n) is 1.50. The normalized spacial score (nSPS) is 19.2. The van der Waals surface area contributed by atoms with Crippen LogP contribution >= 0.6 is 0 Å². The molecular formula is C10H11FO. The Hall–Kier alpha value is -0.890. The highest BCUT2D eigenvalue weighted by molar-refractivity contribution is 5.35. The zero-order valence-electron chi connectivity index (χ0n) is 6.97. The Bertz CT molecular complexity index is 316. The molecule has 0 bridgehead atoms. The Morgan fingerprint density at radius 3 is 2.67 bits per heavy atom. The molecule has 1 aliphatic rings. The molecule has 1 aliphatic carbocycles. The lowest BCUT2D eigenvalue weighted by molar-refractivity contribution is 0.150. The van der Waals surface area contributed by atoms with Gasteiger partial charge in [0.15, 0.2) is 0 Å². The predicted octanol–water partition coefficient (Wildman–Crippen LogP) is 2.12. The lowest BCUT2D eigenvalue weighted by atomic mass is 10.0. The van der Waals surface area contributed by atoms with Crippen LogP contribution in [-0.4, -0.2) is 5.11 Å². The summed E-state index contributed by atoms with van der Waals surface area (Å²) in [5.41, 5.74) is 0.617. The second kappa shape index (κ2) is 2.30. The van der Waals surface area contributed by atoms with E-state index in [1.807, 2.05) is 0 Å². The van der Waals surface area contributed by atoms with Crippen LogP contribution in [0.15, 0.2) is 18.2 Å². The van der Waals surface area contributed by atoms with Gasteiger partial charge < -0.3 is 5.11 Å². The van der Waals surface area contributed by atoms with Crippen molar-refractivity contribution in [3.05, 3.63) is 35.1 Å². The SMILES string of the molecule is Cc1c(F)cccc1C1(O)CC1. The molecule has 0 aromatic heterocycles. The highest BCUT2D eigenvalue weighted by Crippen LogP contribution is 2.46. The minimum atomic E-state index is -0.716. The molecule has 0 unspecified atom stereocenters. The van der Waals surface area contributed by atoms with Crippen molar-refractivity contribution < 1.29 is 9.50 Å². The highest BCUT2D eigenvalue weighted by atomic mass is 19.1. The smallest absolute Gasteiger partial charge is 0.126 e. The highest BCUT2D eigenvalue weighted by Gasteiger charge is 2.43. The van der Waals surface area contributed by atoms with Crippen molar-refractivity contribution in [1.29, 1.82) is 0 Å². The van der Waals surface area contributed by atoms with Crippen molar-refractivity contribution in [2.75, 3.05) is 0 Å². The molecule has 1 fully saturated rings. The quantitative estimate of drug-likeness (QED) is 0.677. The molecule has 1 nitrogen and oxygen atoms in total.